The summed E-state index contributed by atoms with van der Waals surface area (Å²) in [4.78, 5) is 10.8. The Hall–Kier alpha value is -1.23. The summed E-state index contributed by atoms with van der Waals surface area (Å²) in [7, 11) is 0. The molecule has 1 N–H and O–H groups in total. The van der Waals surface area contributed by atoms with Crippen LogP contribution >= 0.6 is 11.8 Å². The lowest BCUT2D eigenvalue weighted by molar-refractivity contribution is 0.0692. The van der Waals surface area contributed by atoms with E-state index in [4.69, 9.17) is 9.84 Å². The average molecular weight is 230 g/mol. The van der Waals surface area contributed by atoms with E-state index < -0.39 is 11.8 Å². The molecule has 0 unspecified atom stereocenters. The molecule has 0 bridgehead atoms. The van der Waals surface area contributed by atoms with Gasteiger partial charge in [-0.15, -0.1) is 0 Å². The number of ether oxygens (including phenoxy) is 1. The van der Waals surface area contributed by atoms with Gasteiger partial charge < -0.3 is 9.84 Å². The molecular formula is C10H11FO3S. The monoisotopic (exact) mass is 230 g/mol. The Morgan fingerprint density at radius 1 is 1.60 bits per heavy atom. The molecule has 0 aliphatic heterocycles. The summed E-state index contributed by atoms with van der Waals surface area (Å²) in [6, 6.07) is 3.47. The van der Waals surface area contributed by atoms with E-state index in [1.165, 1.54) is 12.1 Å². The van der Waals surface area contributed by atoms with Crippen LogP contribution in [-0.4, -0.2) is 29.7 Å². The normalized spacial score (nSPS) is 10.0. The van der Waals surface area contributed by atoms with Crippen LogP contribution in [0.2, 0.25) is 0 Å². The summed E-state index contributed by atoms with van der Waals surface area (Å²) < 4.78 is 18.0. The summed E-state index contributed by atoms with van der Waals surface area (Å²) in [5.74, 6) is -0.799. The second-order valence-corrected chi connectivity index (χ2v) is 3.77. The SMILES string of the molecule is CSCCOc1ccc(F)cc1C(=O)O. The highest BCUT2D eigenvalue weighted by Gasteiger charge is 2.12. The van der Waals surface area contributed by atoms with Crippen molar-refractivity contribution in [3.63, 3.8) is 0 Å². The van der Waals surface area contributed by atoms with Crippen molar-refractivity contribution in [2.24, 2.45) is 0 Å². The van der Waals surface area contributed by atoms with E-state index in [0.29, 0.717) is 6.61 Å². The molecule has 0 radical (unpaired) electrons. The fourth-order valence-corrected chi connectivity index (χ4v) is 1.28. The van der Waals surface area contributed by atoms with Crippen LogP contribution in [0.4, 0.5) is 4.39 Å². The topological polar surface area (TPSA) is 46.5 Å². The smallest absolute Gasteiger partial charge is 0.339 e. The number of hydrogen-bond donors (Lipinski definition) is 1. The summed E-state index contributed by atoms with van der Waals surface area (Å²) in [6.45, 7) is 0.410. The minimum atomic E-state index is -1.19. The predicted octanol–water partition coefficient (Wildman–Crippen LogP) is 2.27. The summed E-state index contributed by atoms with van der Waals surface area (Å²) >= 11 is 1.59. The zero-order chi connectivity index (χ0) is 11.3. The number of hydrogen-bond acceptors (Lipinski definition) is 3. The third-order valence-electron chi connectivity index (χ3n) is 1.72. The zero-order valence-electron chi connectivity index (χ0n) is 8.20. The van der Waals surface area contributed by atoms with Gasteiger partial charge in [-0.3, -0.25) is 0 Å². The Kier molecular flexibility index (Phi) is 4.42. The molecule has 0 aliphatic rings. The Balaban J connectivity index is 2.81. The van der Waals surface area contributed by atoms with E-state index in [9.17, 15) is 9.18 Å². The molecule has 3 nitrogen and oxygen atoms in total. The number of aromatic carboxylic acids is 1. The fourth-order valence-electron chi connectivity index (χ4n) is 1.03. The highest BCUT2D eigenvalue weighted by molar-refractivity contribution is 7.98. The summed E-state index contributed by atoms with van der Waals surface area (Å²) in [5.41, 5.74) is -0.142. The maximum absolute atomic E-state index is 12.8. The van der Waals surface area contributed by atoms with Crippen molar-refractivity contribution >= 4 is 17.7 Å². The van der Waals surface area contributed by atoms with Gasteiger partial charge in [-0.05, 0) is 24.5 Å². The Morgan fingerprint density at radius 2 is 2.33 bits per heavy atom. The van der Waals surface area contributed by atoms with Crippen LogP contribution in [0, 0.1) is 5.82 Å². The van der Waals surface area contributed by atoms with Gasteiger partial charge in [0.1, 0.15) is 17.1 Å². The third kappa shape index (κ3) is 3.43. The van der Waals surface area contributed by atoms with Gasteiger partial charge in [0.2, 0.25) is 0 Å². The maximum Gasteiger partial charge on any atom is 0.339 e. The van der Waals surface area contributed by atoms with Gasteiger partial charge in [-0.2, -0.15) is 11.8 Å². The van der Waals surface area contributed by atoms with Crippen LogP contribution in [0.3, 0.4) is 0 Å². The zero-order valence-corrected chi connectivity index (χ0v) is 9.01. The molecule has 0 amide bonds. The lowest BCUT2D eigenvalue weighted by Crippen LogP contribution is -2.06. The number of carboxylic acid groups (broad SMARTS) is 1. The molecular weight excluding hydrogens is 219 g/mol. The second-order valence-electron chi connectivity index (χ2n) is 2.79. The van der Waals surface area contributed by atoms with Crippen LogP contribution in [-0.2, 0) is 0 Å². The maximum atomic E-state index is 12.8. The van der Waals surface area contributed by atoms with Crippen molar-refractivity contribution in [2.45, 2.75) is 0 Å². The van der Waals surface area contributed by atoms with Crippen LogP contribution in [0.1, 0.15) is 10.4 Å². The van der Waals surface area contributed by atoms with Crippen LogP contribution in [0.25, 0.3) is 0 Å². The lowest BCUT2D eigenvalue weighted by atomic mass is 10.2. The summed E-state index contributed by atoms with van der Waals surface area (Å²) in [6.07, 6.45) is 1.92. The van der Waals surface area contributed by atoms with Gasteiger partial charge in [0.15, 0.2) is 0 Å². The highest BCUT2D eigenvalue weighted by Crippen LogP contribution is 2.19. The molecule has 0 saturated carbocycles. The molecule has 0 spiro atoms. The minimum Gasteiger partial charge on any atom is -0.492 e. The van der Waals surface area contributed by atoms with E-state index in [1.54, 1.807) is 11.8 Å². The highest BCUT2D eigenvalue weighted by atomic mass is 32.2. The number of carbonyl (C=O) groups is 1. The van der Waals surface area contributed by atoms with Crippen molar-refractivity contribution in [1.82, 2.24) is 0 Å². The van der Waals surface area contributed by atoms with E-state index >= 15 is 0 Å². The lowest BCUT2D eigenvalue weighted by Gasteiger charge is -2.08. The van der Waals surface area contributed by atoms with Crippen molar-refractivity contribution in [2.75, 3.05) is 18.6 Å². The Morgan fingerprint density at radius 3 is 2.93 bits per heavy atom. The van der Waals surface area contributed by atoms with Gasteiger partial charge in [-0.25, -0.2) is 9.18 Å². The molecule has 0 aliphatic carbocycles. The molecule has 0 saturated heterocycles. The molecule has 1 rings (SSSR count). The first-order valence-electron chi connectivity index (χ1n) is 4.29. The molecule has 0 aromatic heterocycles. The predicted molar refractivity (Wildman–Crippen MR) is 57.2 cm³/mol. The third-order valence-corrected chi connectivity index (χ3v) is 2.29. The Bertz CT molecular complexity index is 355. The minimum absolute atomic E-state index is 0.142. The first kappa shape index (κ1) is 11.8. The molecule has 0 heterocycles. The molecule has 0 atom stereocenters. The van der Waals surface area contributed by atoms with Crippen molar-refractivity contribution in [3.05, 3.63) is 29.6 Å². The van der Waals surface area contributed by atoms with E-state index in [2.05, 4.69) is 0 Å². The largest absolute Gasteiger partial charge is 0.492 e. The van der Waals surface area contributed by atoms with Crippen LogP contribution in [0.5, 0.6) is 5.75 Å². The molecule has 1 aromatic rings. The summed E-state index contributed by atoms with van der Waals surface area (Å²) in [5, 5.41) is 8.79. The van der Waals surface area contributed by atoms with Gasteiger partial charge in [0, 0.05) is 5.75 Å². The first-order chi connectivity index (χ1) is 7.15. The second kappa shape index (κ2) is 5.60. The number of halogens is 1. The quantitative estimate of drug-likeness (QED) is 0.788. The average Bonchev–Trinajstić information content (AvgIpc) is 2.20. The fraction of sp³-hybridized carbons (Fsp3) is 0.300. The van der Waals surface area contributed by atoms with Crippen molar-refractivity contribution < 1.29 is 19.0 Å². The molecule has 82 valence electrons. The number of thioether (sulfide) groups is 1. The number of carboxylic acids is 1. The molecule has 5 heteroatoms. The van der Waals surface area contributed by atoms with Gasteiger partial charge in [-0.1, -0.05) is 0 Å². The number of rotatable bonds is 5. The van der Waals surface area contributed by atoms with Crippen LogP contribution in [0.15, 0.2) is 18.2 Å². The van der Waals surface area contributed by atoms with E-state index in [-0.39, 0.29) is 11.3 Å². The molecule has 15 heavy (non-hydrogen) atoms. The van der Waals surface area contributed by atoms with Crippen LogP contribution < -0.4 is 4.74 Å². The van der Waals surface area contributed by atoms with Crippen molar-refractivity contribution in [3.8, 4) is 5.75 Å². The Labute approximate surface area is 91.2 Å². The van der Waals surface area contributed by atoms with Gasteiger partial charge in [0.05, 0.1) is 6.61 Å². The standard InChI is InChI=1S/C10H11FO3S/c1-15-5-4-14-9-3-2-7(11)6-8(9)10(12)13/h2-3,6H,4-5H2,1H3,(H,12,13). The van der Waals surface area contributed by atoms with Gasteiger partial charge in [0.25, 0.3) is 0 Å². The van der Waals surface area contributed by atoms with Crippen molar-refractivity contribution in [1.29, 1.82) is 0 Å². The first-order valence-corrected chi connectivity index (χ1v) is 5.69. The number of benzene rings is 1. The molecule has 0 fully saturated rings. The van der Waals surface area contributed by atoms with Gasteiger partial charge >= 0.3 is 5.97 Å². The van der Waals surface area contributed by atoms with E-state index in [0.717, 1.165) is 11.8 Å². The molecule has 1 aromatic carbocycles. The van der Waals surface area contributed by atoms with E-state index in [1.807, 2.05) is 6.26 Å².